The Labute approximate surface area is 245 Å². The number of H-pyrrole nitrogens is 1. The summed E-state index contributed by atoms with van der Waals surface area (Å²) in [6.45, 7) is 10.1. The zero-order chi connectivity index (χ0) is 29.9. The third-order valence-electron chi connectivity index (χ3n) is 6.90. The van der Waals surface area contributed by atoms with Crippen molar-refractivity contribution in [2.75, 3.05) is 0 Å². The maximum absolute atomic E-state index is 14.2. The molecule has 8 heteroatoms. The van der Waals surface area contributed by atoms with Crippen LogP contribution >= 0.6 is 0 Å². The first kappa shape index (κ1) is 28.8. The number of aryl methyl sites for hydroxylation is 2. The first-order valence-electron chi connectivity index (χ1n) is 14.3. The summed E-state index contributed by atoms with van der Waals surface area (Å²) in [6, 6.07) is 23.4. The summed E-state index contributed by atoms with van der Waals surface area (Å²) in [7, 11) is 0. The van der Waals surface area contributed by atoms with Gasteiger partial charge in [0.05, 0.1) is 11.4 Å². The molecule has 0 aliphatic rings. The molecule has 0 saturated heterocycles. The van der Waals surface area contributed by atoms with Gasteiger partial charge in [-0.25, -0.2) is 9.78 Å². The van der Waals surface area contributed by atoms with E-state index in [1.165, 1.54) is 0 Å². The lowest BCUT2D eigenvalue weighted by Gasteiger charge is -2.22. The topological polar surface area (TPSA) is 103 Å². The second-order valence-corrected chi connectivity index (χ2v) is 11.3. The molecule has 216 valence electrons. The van der Waals surface area contributed by atoms with E-state index in [4.69, 9.17) is 14.2 Å². The average Bonchev–Trinajstić information content (AvgIpc) is 3.41. The Morgan fingerprint density at radius 2 is 1.67 bits per heavy atom. The molecule has 0 atom stereocenters. The smallest absolute Gasteiger partial charge is 0.439 e. The summed E-state index contributed by atoms with van der Waals surface area (Å²) in [5.41, 5.74) is 5.29. The van der Waals surface area contributed by atoms with Gasteiger partial charge in [-0.2, -0.15) is 0 Å². The third-order valence-corrected chi connectivity index (χ3v) is 6.90. The second kappa shape index (κ2) is 12.0. The van der Waals surface area contributed by atoms with Crippen molar-refractivity contribution in [3.63, 3.8) is 0 Å². The van der Waals surface area contributed by atoms with Gasteiger partial charge in [0.2, 0.25) is 0 Å². The molecule has 0 saturated carbocycles. The van der Waals surface area contributed by atoms with Gasteiger partial charge in [0.1, 0.15) is 17.2 Å². The Bertz CT molecular complexity index is 1790. The standard InChI is InChI=1S/C34H36N4O4/c1-6-11-29-28(32(39)38(30(7-2)35-29)24-15-17-25(18-16-24)41-34(3,4)5)21-22-14-19-26(23-12-9-8-10-13-23)27(20-22)31-36-33(40)42-37-31/h8-10,12-20H,6-7,11,21H2,1-5H3,(H,36,37,40). The van der Waals surface area contributed by atoms with Crippen LogP contribution in [0.4, 0.5) is 0 Å². The third kappa shape index (κ3) is 6.28. The largest absolute Gasteiger partial charge is 0.488 e. The lowest BCUT2D eigenvalue weighted by molar-refractivity contribution is 0.131. The highest BCUT2D eigenvalue weighted by Gasteiger charge is 2.20. The molecule has 5 aromatic rings. The van der Waals surface area contributed by atoms with Crippen LogP contribution in [0.15, 0.2) is 86.9 Å². The normalized spacial score (nSPS) is 11.5. The van der Waals surface area contributed by atoms with E-state index < -0.39 is 5.76 Å². The SMILES string of the molecule is CCCc1nc(CC)n(-c2ccc(OC(C)(C)C)cc2)c(=O)c1Cc1ccc(-c2ccccc2)c(-c2noc(=O)[nH]2)c1. The Morgan fingerprint density at radius 1 is 0.929 bits per heavy atom. The van der Waals surface area contributed by atoms with Crippen molar-refractivity contribution in [3.05, 3.63) is 116 Å². The van der Waals surface area contributed by atoms with Gasteiger partial charge in [0.25, 0.3) is 5.56 Å². The number of nitrogens with zero attached hydrogens (tertiary/aromatic N) is 3. The van der Waals surface area contributed by atoms with Crippen LogP contribution in [0.5, 0.6) is 5.75 Å². The van der Waals surface area contributed by atoms with Gasteiger partial charge in [0, 0.05) is 24.0 Å². The number of ether oxygens (including phenoxy) is 1. The Balaban J connectivity index is 1.61. The summed E-state index contributed by atoms with van der Waals surface area (Å²) in [4.78, 5) is 33.7. The van der Waals surface area contributed by atoms with Gasteiger partial charge < -0.3 is 4.74 Å². The Morgan fingerprint density at radius 3 is 2.29 bits per heavy atom. The number of hydrogen-bond donors (Lipinski definition) is 1. The molecule has 0 aliphatic heterocycles. The molecular weight excluding hydrogens is 528 g/mol. The Kier molecular flexibility index (Phi) is 8.24. The van der Waals surface area contributed by atoms with Crippen molar-refractivity contribution in [2.24, 2.45) is 0 Å². The molecule has 2 heterocycles. The fourth-order valence-corrected chi connectivity index (χ4v) is 5.11. The van der Waals surface area contributed by atoms with Crippen LogP contribution in [0.2, 0.25) is 0 Å². The van der Waals surface area contributed by atoms with Gasteiger partial charge in [-0.15, -0.1) is 0 Å². The summed E-state index contributed by atoms with van der Waals surface area (Å²) in [5.74, 6) is 1.17. The lowest BCUT2D eigenvalue weighted by Crippen LogP contribution is -2.29. The van der Waals surface area contributed by atoms with Crippen LogP contribution in [-0.4, -0.2) is 25.3 Å². The van der Waals surface area contributed by atoms with E-state index in [0.29, 0.717) is 30.7 Å². The summed E-state index contributed by atoms with van der Waals surface area (Å²) in [6.07, 6.45) is 2.55. The van der Waals surface area contributed by atoms with Crippen LogP contribution in [0.3, 0.4) is 0 Å². The maximum Gasteiger partial charge on any atom is 0.439 e. The van der Waals surface area contributed by atoms with E-state index in [1.807, 2.05) is 100 Å². The highest BCUT2D eigenvalue weighted by Crippen LogP contribution is 2.31. The fourth-order valence-electron chi connectivity index (χ4n) is 5.11. The molecule has 5 rings (SSSR count). The van der Waals surface area contributed by atoms with Gasteiger partial charge in [-0.3, -0.25) is 18.9 Å². The minimum atomic E-state index is -0.624. The molecule has 2 aromatic heterocycles. The van der Waals surface area contributed by atoms with E-state index in [1.54, 1.807) is 4.57 Å². The lowest BCUT2D eigenvalue weighted by atomic mass is 9.94. The van der Waals surface area contributed by atoms with E-state index in [2.05, 4.69) is 17.1 Å². The van der Waals surface area contributed by atoms with Crippen LogP contribution in [-0.2, 0) is 19.3 Å². The van der Waals surface area contributed by atoms with Gasteiger partial charge in [-0.1, -0.05) is 67.9 Å². The molecule has 0 amide bonds. The molecule has 42 heavy (non-hydrogen) atoms. The monoisotopic (exact) mass is 564 g/mol. The van der Waals surface area contributed by atoms with Crippen molar-refractivity contribution in [3.8, 4) is 34.0 Å². The van der Waals surface area contributed by atoms with Crippen molar-refractivity contribution in [1.82, 2.24) is 19.7 Å². The van der Waals surface area contributed by atoms with Gasteiger partial charge in [-0.05, 0) is 74.2 Å². The van der Waals surface area contributed by atoms with Crippen LogP contribution in [0, 0.1) is 0 Å². The minimum absolute atomic E-state index is 0.0849. The predicted molar refractivity (Wildman–Crippen MR) is 164 cm³/mol. The van der Waals surface area contributed by atoms with E-state index in [0.717, 1.165) is 51.6 Å². The molecule has 0 bridgehead atoms. The minimum Gasteiger partial charge on any atom is -0.488 e. The van der Waals surface area contributed by atoms with E-state index in [9.17, 15) is 9.59 Å². The zero-order valence-electron chi connectivity index (χ0n) is 24.7. The molecular formula is C34H36N4O4. The van der Waals surface area contributed by atoms with Gasteiger partial charge in [0.15, 0.2) is 5.82 Å². The highest BCUT2D eigenvalue weighted by molar-refractivity contribution is 5.81. The number of nitrogens with one attached hydrogen (secondary N) is 1. The van der Waals surface area contributed by atoms with Crippen molar-refractivity contribution < 1.29 is 9.26 Å². The Hall–Kier alpha value is -4.72. The summed E-state index contributed by atoms with van der Waals surface area (Å²) >= 11 is 0. The number of benzene rings is 3. The molecule has 0 fully saturated rings. The van der Waals surface area contributed by atoms with Crippen LogP contribution in [0.25, 0.3) is 28.2 Å². The number of hydrogen-bond acceptors (Lipinski definition) is 6. The number of rotatable bonds is 9. The van der Waals surface area contributed by atoms with Crippen LogP contribution < -0.4 is 16.1 Å². The first-order chi connectivity index (χ1) is 20.2. The molecule has 0 unspecified atom stereocenters. The van der Waals surface area contributed by atoms with Crippen molar-refractivity contribution in [1.29, 1.82) is 0 Å². The van der Waals surface area contributed by atoms with E-state index >= 15 is 0 Å². The highest BCUT2D eigenvalue weighted by atomic mass is 16.5. The zero-order valence-corrected chi connectivity index (χ0v) is 24.7. The van der Waals surface area contributed by atoms with Crippen molar-refractivity contribution in [2.45, 2.75) is 65.9 Å². The number of aromatic amines is 1. The number of aromatic nitrogens is 4. The van der Waals surface area contributed by atoms with Crippen molar-refractivity contribution >= 4 is 0 Å². The predicted octanol–water partition coefficient (Wildman–Crippen LogP) is 6.53. The van der Waals surface area contributed by atoms with E-state index in [-0.39, 0.29) is 11.2 Å². The quantitative estimate of drug-likeness (QED) is 0.218. The molecule has 0 radical (unpaired) electrons. The molecule has 8 nitrogen and oxygen atoms in total. The molecule has 0 spiro atoms. The van der Waals surface area contributed by atoms with Gasteiger partial charge >= 0.3 is 5.76 Å². The molecule has 3 aromatic carbocycles. The molecule has 1 N–H and O–H groups in total. The summed E-state index contributed by atoms with van der Waals surface area (Å²) in [5, 5.41) is 3.96. The second-order valence-electron chi connectivity index (χ2n) is 11.3. The fraction of sp³-hybridized carbons (Fsp3) is 0.294. The summed E-state index contributed by atoms with van der Waals surface area (Å²) < 4.78 is 12.5. The van der Waals surface area contributed by atoms with Crippen LogP contribution in [0.1, 0.15) is 63.7 Å². The average molecular weight is 565 g/mol. The first-order valence-corrected chi connectivity index (χ1v) is 14.3. The molecule has 0 aliphatic carbocycles. The maximum atomic E-state index is 14.2.